The van der Waals surface area contributed by atoms with Crippen LogP contribution < -0.4 is 0 Å². The standard InChI is InChI=1S/C11H19NO5/c13-11(14)12-3-1-9(2-4-12)17-8-10-7-15-5-6-16-10/h9-10H,1-8H2,(H,13,14). The summed E-state index contributed by atoms with van der Waals surface area (Å²) in [5.74, 6) is 0. The van der Waals surface area contributed by atoms with E-state index < -0.39 is 6.09 Å². The van der Waals surface area contributed by atoms with Gasteiger partial charge in [-0.1, -0.05) is 0 Å². The molecule has 0 bridgehead atoms. The second-order valence-corrected chi connectivity index (χ2v) is 4.37. The molecule has 1 atom stereocenters. The van der Waals surface area contributed by atoms with Gasteiger partial charge in [0.1, 0.15) is 6.10 Å². The van der Waals surface area contributed by atoms with Crippen LogP contribution in [0.2, 0.25) is 0 Å². The summed E-state index contributed by atoms with van der Waals surface area (Å²) in [5.41, 5.74) is 0. The number of carboxylic acid groups (broad SMARTS) is 1. The van der Waals surface area contributed by atoms with Gasteiger partial charge in [0.2, 0.25) is 0 Å². The van der Waals surface area contributed by atoms with Gasteiger partial charge in [-0.15, -0.1) is 0 Å². The SMILES string of the molecule is O=C(O)N1CCC(OCC2COCCO2)CC1. The third-order valence-electron chi connectivity index (χ3n) is 3.12. The fourth-order valence-electron chi connectivity index (χ4n) is 2.09. The number of nitrogens with zero attached hydrogens (tertiary/aromatic N) is 1. The van der Waals surface area contributed by atoms with Gasteiger partial charge in [0.05, 0.1) is 32.5 Å². The van der Waals surface area contributed by atoms with Crippen molar-refractivity contribution < 1.29 is 24.1 Å². The molecule has 2 heterocycles. The fourth-order valence-corrected chi connectivity index (χ4v) is 2.09. The molecule has 6 heteroatoms. The van der Waals surface area contributed by atoms with Crippen LogP contribution in [0.4, 0.5) is 4.79 Å². The average molecular weight is 245 g/mol. The Balaban J connectivity index is 1.62. The fraction of sp³-hybridized carbons (Fsp3) is 0.909. The summed E-state index contributed by atoms with van der Waals surface area (Å²) < 4.78 is 16.5. The van der Waals surface area contributed by atoms with E-state index in [1.54, 1.807) is 0 Å². The molecule has 6 nitrogen and oxygen atoms in total. The molecular weight excluding hydrogens is 226 g/mol. The number of carbonyl (C=O) groups is 1. The molecule has 0 aromatic carbocycles. The predicted octanol–water partition coefficient (Wildman–Crippen LogP) is 0.561. The van der Waals surface area contributed by atoms with Crippen molar-refractivity contribution in [1.82, 2.24) is 4.90 Å². The van der Waals surface area contributed by atoms with Crippen molar-refractivity contribution in [2.75, 3.05) is 39.5 Å². The Morgan fingerprint density at radius 2 is 2.12 bits per heavy atom. The smallest absolute Gasteiger partial charge is 0.407 e. The van der Waals surface area contributed by atoms with E-state index in [4.69, 9.17) is 19.3 Å². The van der Waals surface area contributed by atoms with Crippen molar-refractivity contribution in [3.63, 3.8) is 0 Å². The molecule has 0 aliphatic carbocycles. The molecule has 0 aromatic heterocycles. The van der Waals surface area contributed by atoms with Crippen molar-refractivity contribution in [1.29, 1.82) is 0 Å². The molecule has 2 aliphatic heterocycles. The summed E-state index contributed by atoms with van der Waals surface area (Å²) in [5, 5.41) is 8.81. The van der Waals surface area contributed by atoms with E-state index in [1.807, 2.05) is 0 Å². The van der Waals surface area contributed by atoms with Crippen LogP contribution in [0.5, 0.6) is 0 Å². The first-order valence-electron chi connectivity index (χ1n) is 6.04. The summed E-state index contributed by atoms with van der Waals surface area (Å²) in [4.78, 5) is 12.1. The van der Waals surface area contributed by atoms with Crippen molar-refractivity contribution in [3.05, 3.63) is 0 Å². The maximum atomic E-state index is 10.7. The van der Waals surface area contributed by atoms with Crippen LogP contribution in [0.1, 0.15) is 12.8 Å². The van der Waals surface area contributed by atoms with Gasteiger partial charge in [0, 0.05) is 13.1 Å². The second kappa shape index (κ2) is 6.18. The lowest BCUT2D eigenvalue weighted by Crippen LogP contribution is -2.41. The van der Waals surface area contributed by atoms with E-state index in [0.29, 0.717) is 39.5 Å². The minimum atomic E-state index is -0.840. The minimum Gasteiger partial charge on any atom is -0.465 e. The van der Waals surface area contributed by atoms with Gasteiger partial charge in [-0.05, 0) is 12.8 Å². The van der Waals surface area contributed by atoms with Crippen molar-refractivity contribution >= 4 is 6.09 Å². The van der Waals surface area contributed by atoms with E-state index in [1.165, 1.54) is 4.90 Å². The highest BCUT2D eigenvalue weighted by Crippen LogP contribution is 2.14. The summed E-state index contributed by atoms with van der Waals surface area (Å²) in [7, 11) is 0. The zero-order valence-corrected chi connectivity index (χ0v) is 9.84. The van der Waals surface area contributed by atoms with Gasteiger partial charge < -0.3 is 24.2 Å². The van der Waals surface area contributed by atoms with E-state index in [0.717, 1.165) is 12.8 Å². The van der Waals surface area contributed by atoms with Gasteiger partial charge in [-0.3, -0.25) is 0 Å². The first-order chi connectivity index (χ1) is 8.25. The average Bonchev–Trinajstić information content (AvgIpc) is 2.38. The molecule has 0 aromatic rings. The van der Waals surface area contributed by atoms with Crippen LogP contribution in [0.25, 0.3) is 0 Å². The van der Waals surface area contributed by atoms with Crippen LogP contribution in [-0.4, -0.2) is 67.8 Å². The zero-order chi connectivity index (χ0) is 12.1. The molecule has 1 unspecified atom stereocenters. The quantitative estimate of drug-likeness (QED) is 0.787. The maximum absolute atomic E-state index is 10.7. The molecular formula is C11H19NO5. The molecule has 0 radical (unpaired) electrons. The second-order valence-electron chi connectivity index (χ2n) is 4.37. The summed E-state index contributed by atoms with van der Waals surface area (Å²) in [6.07, 6.45) is 0.865. The number of hydrogen-bond acceptors (Lipinski definition) is 4. The number of likely N-dealkylation sites (tertiary alicyclic amines) is 1. The number of rotatable bonds is 3. The minimum absolute atomic E-state index is 0.0289. The van der Waals surface area contributed by atoms with Crippen LogP contribution >= 0.6 is 0 Å². The Bertz CT molecular complexity index is 246. The third-order valence-corrected chi connectivity index (χ3v) is 3.12. The van der Waals surface area contributed by atoms with Crippen LogP contribution in [-0.2, 0) is 14.2 Å². The van der Waals surface area contributed by atoms with Gasteiger partial charge in [0.25, 0.3) is 0 Å². The Kier molecular flexibility index (Phi) is 4.58. The predicted molar refractivity (Wildman–Crippen MR) is 59.1 cm³/mol. The number of hydrogen-bond donors (Lipinski definition) is 1. The molecule has 1 N–H and O–H groups in total. The highest BCUT2D eigenvalue weighted by Gasteiger charge is 2.24. The zero-order valence-electron chi connectivity index (χ0n) is 9.84. The highest BCUT2D eigenvalue weighted by atomic mass is 16.6. The normalized spacial score (nSPS) is 27.1. The molecule has 2 fully saturated rings. The molecule has 1 amide bonds. The van der Waals surface area contributed by atoms with Gasteiger partial charge in [-0.25, -0.2) is 4.79 Å². The molecule has 0 saturated carbocycles. The van der Waals surface area contributed by atoms with Gasteiger partial charge >= 0.3 is 6.09 Å². The first kappa shape index (κ1) is 12.6. The Hall–Kier alpha value is -0.850. The Labute approximate surface area is 100 Å². The van der Waals surface area contributed by atoms with E-state index in [2.05, 4.69) is 0 Å². The lowest BCUT2D eigenvalue weighted by atomic mass is 10.1. The van der Waals surface area contributed by atoms with Crippen LogP contribution in [0.3, 0.4) is 0 Å². The monoisotopic (exact) mass is 245 g/mol. The highest BCUT2D eigenvalue weighted by molar-refractivity contribution is 5.64. The molecule has 0 spiro atoms. The lowest BCUT2D eigenvalue weighted by molar-refractivity contribution is -0.128. The van der Waals surface area contributed by atoms with Gasteiger partial charge in [-0.2, -0.15) is 0 Å². The largest absolute Gasteiger partial charge is 0.465 e. The number of ether oxygens (including phenoxy) is 3. The third kappa shape index (κ3) is 3.83. The van der Waals surface area contributed by atoms with E-state index in [9.17, 15) is 4.79 Å². The summed E-state index contributed by atoms with van der Waals surface area (Å²) in [6.45, 7) is 3.54. The molecule has 17 heavy (non-hydrogen) atoms. The first-order valence-corrected chi connectivity index (χ1v) is 6.04. The van der Waals surface area contributed by atoms with Crippen molar-refractivity contribution in [2.45, 2.75) is 25.0 Å². The van der Waals surface area contributed by atoms with E-state index in [-0.39, 0.29) is 12.2 Å². The van der Waals surface area contributed by atoms with Gasteiger partial charge in [0.15, 0.2) is 0 Å². The molecule has 98 valence electrons. The Morgan fingerprint density at radius 1 is 1.35 bits per heavy atom. The topological polar surface area (TPSA) is 68.2 Å². The number of amides is 1. The van der Waals surface area contributed by atoms with Crippen molar-refractivity contribution in [3.8, 4) is 0 Å². The summed E-state index contributed by atoms with van der Waals surface area (Å²) in [6, 6.07) is 0. The molecule has 2 aliphatic rings. The Morgan fingerprint density at radius 3 is 2.71 bits per heavy atom. The van der Waals surface area contributed by atoms with Crippen LogP contribution in [0.15, 0.2) is 0 Å². The number of piperidine rings is 1. The van der Waals surface area contributed by atoms with E-state index >= 15 is 0 Å². The maximum Gasteiger partial charge on any atom is 0.407 e. The van der Waals surface area contributed by atoms with Crippen molar-refractivity contribution in [2.24, 2.45) is 0 Å². The summed E-state index contributed by atoms with van der Waals surface area (Å²) >= 11 is 0. The molecule has 2 rings (SSSR count). The van der Waals surface area contributed by atoms with Crippen LogP contribution in [0, 0.1) is 0 Å². The molecule has 2 saturated heterocycles. The lowest BCUT2D eigenvalue weighted by Gasteiger charge is -2.31.